The molecule has 0 aromatic carbocycles. The van der Waals surface area contributed by atoms with Crippen LogP contribution in [0.1, 0.15) is 46.5 Å². The van der Waals surface area contributed by atoms with E-state index in [1.54, 1.807) is 0 Å². The molecule has 0 spiro atoms. The van der Waals surface area contributed by atoms with Crippen LogP contribution in [-0.2, 0) is 4.79 Å². The third kappa shape index (κ3) is 2.81. The monoisotopic (exact) mass is 209 g/mol. The van der Waals surface area contributed by atoms with Gasteiger partial charge in [-0.15, -0.1) is 0 Å². The van der Waals surface area contributed by atoms with Crippen LogP contribution in [0, 0.1) is 11.8 Å². The number of carbonyl (C=O) groups excluding carboxylic acids is 1. The lowest BCUT2D eigenvalue weighted by Gasteiger charge is -2.31. The molecule has 1 aliphatic carbocycles. The van der Waals surface area contributed by atoms with E-state index in [2.05, 4.69) is 25.7 Å². The fraction of sp³-hybridized carbons (Fsp3) is 0.923. The van der Waals surface area contributed by atoms with Gasteiger partial charge in [-0.2, -0.15) is 0 Å². The number of hydrogen-bond donors (Lipinski definition) is 0. The van der Waals surface area contributed by atoms with Crippen LogP contribution in [0.3, 0.4) is 0 Å². The quantitative estimate of drug-likeness (QED) is 0.711. The Morgan fingerprint density at radius 1 is 1.27 bits per heavy atom. The van der Waals surface area contributed by atoms with Crippen LogP contribution in [0.15, 0.2) is 0 Å². The number of hydrogen-bond acceptors (Lipinski definition) is 2. The van der Waals surface area contributed by atoms with E-state index in [1.807, 2.05) is 0 Å². The molecule has 0 N–H and O–H groups in total. The first kappa shape index (κ1) is 11.1. The zero-order chi connectivity index (χ0) is 11.1. The van der Waals surface area contributed by atoms with Crippen molar-refractivity contribution in [3.8, 4) is 0 Å². The summed E-state index contributed by atoms with van der Waals surface area (Å²) in [4.78, 5) is 14.4. The van der Waals surface area contributed by atoms with E-state index in [1.165, 1.54) is 12.8 Å². The highest BCUT2D eigenvalue weighted by Gasteiger charge is 2.35. The Morgan fingerprint density at radius 2 is 1.93 bits per heavy atom. The molecule has 1 heterocycles. The minimum Gasteiger partial charge on any atom is -0.299 e. The molecule has 2 nitrogen and oxygen atoms in total. The van der Waals surface area contributed by atoms with Crippen molar-refractivity contribution < 1.29 is 4.79 Å². The predicted molar refractivity (Wildman–Crippen MR) is 61.8 cm³/mol. The predicted octanol–water partition coefficient (Wildman–Crippen LogP) is 2.48. The van der Waals surface area contributed by atoms with E-state index in [4.69, 9.17) is 0 Å². The molecule has 15 heavy (non-hydrogen) atoms. The number of ketones is 1. The molecule has 1 atom stereocenters. The van der Waals surface area contributed by atoms with Crippen molar-refractivity contribution in [2.45, 2.75) is 52.0 Å². The summed E-state index contributed by atoms with van der Waals surface area (Å²) in [5, 5.41) is 0. The topological polar surface area (TPSA) is 20.3 Å². The number of carbonyl (C=O) groups is 1. The van der Waals surface area contributed by atoms with Crippen LogP contribution < -0.4 is 0 Å². The Balaban J connectivity index is 1.83. The molecule has 1 aliphatic heterocycles. The smallest absolute Gasteiger partial charge is 0.137 e. The Hall–Kier alpha value is -0.370. The number of Topliss-reactive ketones (excluding diaryl/α,β-unsaturated/α-hetero) is 1. The van der Waals surface area contributed by atoms with Crippen molar-refractivity contribution in [3.05, 3.63) is 0 Å². The number of likely N-dealkylation sites (tertiary alicyclic amines) is 1. The van der Waals surface area contributed by atoms with Crippen LogP contribution in [0.2, 0.25) is 0 Å². The third-order valence-corrected chi connectivity index (χ3v) is 3.78. The summed E-state index contributed by atoms with van der Waals surface area (Å²) in [6, 6.07) is 0. The van der Waals surface area contributed by atoms with Gasteiger partial charge in [-0.1, -0.05) is 0 Å². The second-order valence-corrected chi connectivity index (χ2v) is 6.22. The van der Waals surface area contributed by atoms with Crippen molar-refractivity contribution >= 4 is 5.78 Å². The van der Waals surface area contributed by atoms with Crippen LogP contribution in [0.5, 0.6) is 0 Å². The van der Waals surface area contributed by atoms with Crippen LogP contribution >= 0.6 is 0 Å². The Bertz CT molecular complexity index is 250. The van der Waals surface area contributed by atoms with Crippen molar-refractivity contribution in [1.82, 2.24) is 4.90 Å². The first-order valence-corrected chi connectivity index (χ1v) is 6.24. The summed E-state index contributed by atoms with van der Waals surface area (Å²) in [5.74, 6) is 1.62. The molecule has 0 aromatic heterocycles. The van der Waals surface area contributed by atoms with Crippen molar-refractivity contribution in [2.75, 3.05) is 13.1 Å². The fourth-order valence-electron chi connectivity index (χ4n) is 2.41. The van der Waals surface area contributed by atoms with E-state index < -0.39 is 0 Å². The Kier molecular flexibility index (Phi) is 2.89. The molecule has 2 fully saturated rings. The number of nitrogens with zero attached hydrogens (tertiary/aromatic N) is 1. The summed E-state index contributed by atoms with van der Waals surface area (Å²) in [6.07, 6.45) is 4.54. The largest absolute Gasteiger partial charge is 0.299 e. The summed E-state index contributed by atoms with van der Waals surface area (Å²) >= 11 is 0. The molecule has 1 saturated heterocycles. The van der Waals surface area contributed by atoms with E-state index in [-0.39, 0.29) is 5.54 Å². The average molecular weight is 209 g/mol. The van der Waals surface area contributed by atoms with Crippen LogP contribution in [-0.4, -0.2) is 29.3 Å². The highest BCUT2D eigenvalue weighted by atomic mass is 16.1. The standard InChI is InChI=1S/C13H23NO/c1-13(2,3)14-7-6-11(9-14)12(15)8-10-4-5-10/h10-11H,4-9H2,1-3H3/t11-/m1/s1. The molecule has 86 valence electrons. The van der Waals surface area contributed by atoms with Gasteiger partial charge in [-0.25, -0.2) is 0 Å². The van der Waals surface area contributed by atoms with Gasteiger partial charge in [0, 0.05) is 24.4 Å². The molecule has 0 radical (unpaired) electrons. The lowest BCUT2D eigenvalue weighted by molar-refractivity contribution is -0.122. The molecule has 0 bridgehead atoms. The molecule has 2 heteroatoms. The summed E-state index contributed by atoms with van der Waals surface area (Å²) in [6.45, 7) is 8.81. The second kappa shape index (κ2) is 3.89. The second-order valence-electron chi connectivity index (χ2n) is 6.22. The average Bonchev–Trinajstić information content (AvgIpc) is 2.80. The van der Waals surface area contributed by atoms with E-state index in [0.29, 0.717) is 11.7 Å². The van der Waals surface area contributed by atoms with Gasteiger partial charge >= 0.3 is 0 Å². The van der Waals surface area contributed by atoms with Crippen LogP contribution in [0.25, 0.3) is 0 Å². The van der Waals surface area contributed by atoms with Gasteiger partial charge in [0.2, 0.25) is 0 Å². The van der Waals surface area contributed by atoms with Crippen molar-refractivity contribution in [3.63, 3.8) is 0 Å². The maximum Gasteiger partial charge on any atom is 0.137 e. The zero-order valence-corrected chi connectivity index (χ0v) is 10.3. The molecule has 2 aliphatic rings. The number of rotatable bonds is 3. The first-order valence-electron chi connectivity index (χ1n) is 6.24. The summed E-state index contributed by atoms with van der Waals surface area (Å²) in [7, 11) is 0. The van der Waals surface area contributed by atoms with E-state index in [0.717, 1.165) is 31.8 Å². The molecule has 1 saturated carbocycles. The highest BCUT2D eigenvalue weighted by Crippen LogP contribution is 2.35. The SMILES string of the molecule is CC(C)(C)N1CC[C@@H](C(=O)CC2CC2)C1. The maximum absolute atomic E-state index is 11.9. The van der Waals surface area contributed by atoms with Gasteiger partial charge in [-0.3, -0.25) is 9.69 Å². The summed E-state index contributed by atoms with van der Waals surface area (Å²) < 4.78 is 0. The Morgan fingerprint density at radius 3 is 2.40 bits per heavy atom. The van der Waals surface area contributed by atoms with Crippen molar-refractivity contribution in [2.24, 2.45) is 11.8 Å². The van der Waals surface area contributed by atoms with E-state index >= 15 is 0 Å². The summed E-state index contributed by atoms with van der Waals surface area (Å²) in [5.41, 5.74) is 0.231. The minimum absolute atomic E-state index is 0.231. The highest BCUT2D eigenvalue weighted by molar-refractivity contribution is 5.82. The van der Waals surface area contributed by atoms with Gasteiger partial charge in [0.1, 0.15) is 5.78 Å². The zero-order valence-electron chi connectivity index (χ0n) is 10.3. The molecule has 0 aromatic rings. The van der Waals surface area contributed by atoms with E-state index in [9.17, 15) is 4.79 Å². The Labute approximate surface area is 93.0 Å². The van der Waals surface area contributed by atoms with Gasteiger partial charge in [-0.05, 0) is 52.5 Å². The van der Waals surface area contributed by atoms with Crippen LogP contribution in [0.4, 0.5) is 0 Å². The first-order chi connectivity index (χ1) is 6.97. The third-order valence-electron chi connectivity index (χ3n) is 3.78. The molecule has 0 unspecified atom stereocenters. The normalized spacial score (nSPS) is 28.3. The van der Waals surface area contributed by atoms with Crippen molar-refractivity contribution in [1.29, 1.82) is 0 Å². The molecule has 2 rings (SSSR count). The van der Waals surface area contributed by atoms with Gasteiger partial charge in [0.05, 0.1) is 0 Å². The maximum atomic E-state index is 11.9. The fourth-order valence-corrected chi connectivity index (χ4v) is 2.41. The van der Waals surface area contributed by atoms with Gasteiger partial charge < -0.3 is 0 Å². The van der Waals surface area contributed by atoms with Gasteiger partial charge in [0.15, 0.2) is 0 Å². The van der Waals surface area contributed by atoms with Gasteiger partial charge in [0.25, 0.3) is 0 Å². The molecule has 0 amide bonds. The lowest BCUT2D eigenvalue weighted by Crippen LogP contribution is -2.39. The molecular formula is C13H23NO. The lowest BCUT2D eigenvalue weighted by atomic mass is 9.99. The molecular weight excluding hydrogens is 186 g/mol. The minimum atomic E-state index is 0.231.